The molecular weight excluding hydrogens is 399 g/mol. The minimum absolute atomic E-state index is 0.0644. The first-order valence-corrected chi connectivity index (χ1v) is 9.58. The maximum absolute atomic E-state index is 13.4. The summed E-state index contributed by atoms with van der Waals surface area (Å²) in [4.78, 5) is 25.8. The Morgan fingerprint density at radius 2 is 1.77 bits per heavy atom. The lowest BCUT2D eigenvalue weighted by Gasteiger charge is -2.05. The Kier molecular flexibility index (Phi) is 4.43. The van der Waals surface area contributed by atoms with Crippen molar-refractivity contribution in [3.8, 4) is 11.8 Å². The molecule has 8 nitrogen and oxygen atoms in total. The van der Waals surface area contributed by atoms with Gasteiger partial charge in [-0.05, 0) is 31.2 Å². The summed E-state index contributed by atoms with van der Waals surface area (Å²) in [5.41, 5.74) is 1.96. The van der Waals surface area contributed by atoms with Crippen LogP contribution in [0.3, 0.4) is 0 Å². The van der Waals surface area contributed by atoms with Crippen LogP contribution in [0.2, 0.25) is 0 Å². The molecule has 0 amide bonds. The summed E-state index contributed by atoms with van der Waals surface area (Å²) in [7, 11) is 1.76. The first kappa shape index (κ1) is 18.9. The van der Waals surface area contributed by atoms with Gasteiger partial charge in [0.2, 0.25) is 17.7 Å². The fraction of sp³-hybridized carbons (Fsp3) is 0.136. The van der Waals surface area contributed by atoms with E-state index in [1.54, 1.807) is 42.1 Å². The molecule has 5 aromatic rings. The second-order valence-corrected chi connectivity index (χ2v) is 7.12. The van der Waals surface area contributed by atoms with Gasteiger partial charge in [-0.3, -0.25) is 4.79 Å². The van der Waals surface area contributed by atoms with Crippen LogP contribution in [0.1, 0.15) is 11.4 Å². The number of pyridine rings is 3. The fourth-order valence-electron chi connectivity index (χ4n) is 3.55. The van der Waals surface area contributed by atoms with Crippen LogP contribution in [0.4, 0.5) is 4.39 Å². The summed E-state index contributed by atoms with van der Waals surface area (Å²) in [6.45, 7) is 1.94. The zero-order valence-corrected chi connectivity index (χ0v) is 16.8. The molecule has 0 saturated carbocycles. The van der Waals surface area contributed by atoms with Crippen LogP contribution in [0.15, 0.2) is 59.5 Å². The van der Waals surface area contributed by atoms with Crippen LogP contribution < -0.4 is 10.3 Å². The summed E-state index contributed by atoms with van der Waals surface area (Å²) in [6, 6.07) is 13.5. The molecule has 0 saturated heterocycles. The van der Waals surface area contributed by atoms with Crippen LogP contribution in [-0.2, 0) is 13.6 Å². The summed E-state index contributed by atoms with van der Waals surface area (Å²) in [6.07, 6.45) is 1.61. The third-order valence-electron chi connectivity index (χ3n) is 4.97. The Bertz CT molecular complexity index is 1510. The SMILES string of the molecule is Cc1cccc(Oc2ccc3c4cnn(Cc5cccc(F)n5)c(=O)c4n(C)c3n2)n1. The van der Waals surface area contributed by atoms with Crippen LogP contribution in [0.5, 0.6) is 11.8 Å². The highest BCUT2D eigenvalue weighted by molar-refractivity contribution is 6.05. The molecule has 0 aliphatic carbocycles. The van der Waals surface area contributed by atoms with Crippen molar-refractivity contribution >= 4 is 21.9 Å². The second-order valence-electron chi connectivity index (χ2n) is 7.12. The van der Waals surface area contributed by atoms with E-state index >= 15 is 0 Å². The highest BCUT2D eigenvalue weighted by Gasteiger charge is 2.16. The molecule has 5 rings (SSSR count). The average molecular weight is 416 g/mol. The van der Waals surface area contributed by atoms with E-state index in [1.165, 1.54) is 10.7 Å². The lowest BCUT2D eigenvalue weighted by molar-refractivity contribution is 0.445. The maximum atomic E-state index is 13.4. The van der Waals surface area contributed by atoms with Gasteiger partial charge in [-0.25, -0.2) is 14.6 Å². The van der Waals surface area contributed by atoms with Gasteiger partial charge >= 0.3 is 0 Å². The minimum atomic E-state index is -0.601. The quantitative estimate of drug-likeness (QED) is 0.418. The largest absolute Gasteiger partial charge is 0.421 e. The lowest BCUT2D eigenvalue weighted by Crippen LogP contribution is -2.25. The molecule has 31 heavy (non-hydrogen) atoms. The van der Waals surface area contributed by atoms with Crippen LogP contribution in [0.25, 0.3) is 21.9 Å². The third-order valence-corrected chi connectivity index (χ3v) is 4.97. The second kappa shape index (κ2) is 7.28. The van der Waals surface area contributed by atoms with Gasteiger partial charge in [0, 0.05) is 35.6 Å². The average Bonchev–Trinajstić information content (AvgIpc) is 3.02. The van der Waals surface area contributed by atoms with Gasteiger partial charge in [-0.15, -0.1) is 0 Å². The molecule has 0 bridgehead atoms. The zero-order valence-electron chi connectivity index (χ0n) is 16.8. The summed E-state index contributed by atoms with van der Waals surface area (Å²) >= 11 is 0. The van der Waals surface area contributed by atoms with Crippen molar-refractivity contribution in [1.82, 2.24) is 29.3 Å². The number of halogens is 1. The van der Waals surface area contributed by atoms with E-state index in [4.69, 9.17) is 4.74 Å². The number of fused-ring (bicyclic) bond motifs is 3. The Balaban J connectivity index is 1.58. The Morgan fingerprint density at radius 1 is 0.968 bits per heavy atom. The molecular formula is C22H17FN6O2. The topological polar surface area (TPSA) is 87.7 Å². The molecule has 0 atom stereocenters. The normalized spacial score (nSPS) is 11.3. The molecule has 0 aliphatic rings. The fourth-order valence-corrected chi connectivity index (χ4v) is 3.55. The Labute approximate surface area is 175 Å². The number of aromatic nitrogens is 6. The summed E-state index contributed by atoms with van der Waals surface area (Å²) < 4.78 is 22.1. The van der Waals surface area contributed by atoms with Crippen LogP contribution in [0, 0.1) is 12.9 Å². The molecule has 5 heterocycles. The molecule has 0 spiro atoms. The van der Waals surface area contributed by atoms with Crippen molar-refractivity contribution in [3.63, 3.8) is 0 Å². The van der Waals surface area contributed by atoms with E-state index in [9.17, 15) is 9.18 Å². The lowest BCUT2D eigenvalue weighted by atomic mass is 10.2. The predicted octanol–water partition coefficient (Wildman–Crippen LogP) is 3.36. The third kappa shape index (κ3) is 3.39. The summed E-state index contributed by atoms with van der Waals surface area (Å²) in [5, 5.41) is 5.71. The van der Waals surface area contributed by atoms with E-state index in [0.717, 1.165) is 11.1 Å². The van der Waals surface area contributed by atoms with Gasteiger partial charge in [0.15, 0.2) is 0 Å². The van der Waals surface area contributed by atoms with Crippen molar-refractivity contribution in [2.75, 3.05) is 0 Å². The first-order valence-electron chi connectivity index (χ1n) is 9.58. The van der Waals surface area contributed by atoms with Crippen molar-refractivity contribution in [1.29, 1.82) is 0 Å². The molecule has 0 fully saturated rings. The Morgan fingerprint density at radius 3 is 2.58 bits per heavy atom. The minimum Gasteiger partial charge on any atom is -0.421 e. The van der Waals surface area contributed by atoms with Gasteiger partial charge in [0.1, 0.15) is 11.2 Å². The number of aryl methyl sites for hydroxylation is 2. The van der Waals surface area contributed by atoms with E-state index in [1.807, 2.05) is 25.1 Å². The maximum Gasteiger partial charge on any atom is 0.291 e. The number of hydrogen-bond acceptors (Lipinski definition) is 6. The van der Waals surface area contributed by atoms with E-state index in [-0.39, 0.29) is 12.1 Å². The van der Waals surface area contributed by atoms with Gasteiger partial charge in [0.05, 0.1) is 18.4 Å². The number of rotatable bonds is 4. The van der Waals surface area contributed by atoms with Gasteiger partial charge in [-0.1, -0.05) is 12.1 Å². The number of ether oxygens (including phenoxy) is 1. The zero-order chi connectivity index (χ0) is 21.5. The molecule has 0 aromatic carbocycles. The molecule has 0 N–H and O–H groups in total. The van der Waals surface area contributed by atoms with E-state index in [0.29, 0.717) is 34.0 Å². The molecule has 0 unspecified atom stereocenters. The highest BCUT2D eigenvalue weighted by Crippen LogP contribution is 2.27. The van der Waals surface area contributed by atoms with Crippen molar-refractivity contribution in [2.24, 2.45) is 7.05 Å². The smallest absolute Gasteiger partial charge is 0.291 e. The predicted molar refractivity (Wildman–Crippen MR) is 113 cm³/mol. The first-order chi connectivity index (χ1) is 15.0. The van der Waals surface area contributed by atoms with Crippen molar-refractivity contribution in [3.05, 3.63) is 82.4 Å². The van der Waals surface area contributed by atoms with Crippen LogP contribution in [-0.4, -0.2) is 29.3 Å². The number of nitrogens with zero attached hydrogens (tertiary/aromatic N) is 6. The van der Waals surface area contributed by atoms with Gasteiger partial charge < -0.3 is 9.30 Å². The van der Waals surface area contributed by atoms with Gasteiger partial charge in [0.25, 0.3) is 5.56 Å². The van der Waals surface area contributed by atoms with Gasteiger partial charge in [-0.2, -0.15) is 14.5 Å². The monoisotopic (exact) mass is 416 g/mol. The molecule has 0 aliphatic heterocycles. The molecule has 9 heteroatoms. The molecule has 0 radical (unpaired) electrons. The number of hydrogen-bond donors (Lipinski definition) is 0. The van der Waals surface area contributed by atoms with E-state index < -0.39 is 5.95 Å². The molecule has 154 valence electrons. The Hall–Kier alpha value is -4.14. The summed E-state index contributed by atoms with van der Waals surface area (Å²) in [5.74, 6) is 0.210. The standard InChI is InChI=1S/C22H17FN6O2/c1-13-5-3-8-18(25-13)31-19-10-9-15-16-11-24-29(12-14-6-4-7-17(23)26-14)22(30)20(16)28(2)21(15)27-19/h3-11H,12H2,1-2H3. The molecule has 5 aromatic heterocycles. The highest BCUT2D eigenvalue weighted by atomic mass is 19.1. The van der Waals surface area contributed by atoms with Crippen molar-refractivity contribution < 1.29 is 9.13 Å². The van der Waals surface area contributed by atoms with Crippen molar-refractivity contribution in [2.45, 2.75) is 13.5 Å². The van der Waals surface area contributed by atoms with E-state index in [2.05, 4.69) is 20.1 Å². The van der Waals surface area contributed by atoms with Crippen LogP contribution >= 0.6 is 0 Å².